The van der Waals surface area contributed by atoms with E-state index in [4.69, 9.17) is 4.74 Å². The molecule has 0 saturated carbocycles. The first-order valence-electron chi connectivity index (χ1n) is 11.7. The molecule has 3 aromatic rings. The molecule has 9 nitrogen and oxygen atoms in total. The highest BCUT2D eigenvalue weighted by Crippen LogP contribution is 2.15. The smallest absolute Gasteiger partial charge is 0.339 e. The molecule has 3 heterocycles. The number of rotatable bonds is 10. The van der Waals surface area contributed by atoms with Crippen LogP contribution in [-0.2, 0) is 11.3 Å². The predicted octanol–water partition coefficient (Wildman–Crippen LogP) is 2.90. The summed E-state index contributed by atoms with van der Waals surface area (Å²) >= 11 is 0. The molecule has 4 rings (SSSR count). The maximum Gasteiger partial charge on any atom is 0.339 e. The third kappa shape index (κ3) is 6.35. The van der Waals surface area contributed by atoms with E-state index in [2.05, 4.69) is 30.2 Å². The fourth-order valence-electron chi connectivity index (χ4n) is 3.92. The van der Waals surface area contributed by atoms with Crippen LogP contribution in [0.2, 0.25) is 0 Å². The van der Waals surface area contributed by atoms with Crippen molar-refractivity contribution < 1.29 is 9.53 Å². The maximum absolute atomic E-state index is 11.8. The van der Waals surface area contributed by atoms with Crippen molar-refractivity contribution in [2.45, 2.75) is 32.7 Å². The lowest BCUT2D eigenvalue weighted by Crippen LogP contribution is -2.46. The van der Waals surface area contributed by atoms with E-state index in [9.17, 15) is 4.79 Å². The van der Waals surface area contributed by atoms with Gasteiger partial charge in [-0.05, 0) is 43.7 Å². The average molecular weight is 450 g/mol. The van der Waals surface area contributed by atoms with Crippen LogP contribution in [0.25, 0.3) is 11.4 Å². The summed E-state index contributed by atoms with van der Waals surface area (Å²) in [6.45, 7) is 7.99. The van der Waals surface area contributed by atoms with Crippen LogP contribution in [0.4, 0.5) is 5.82 Å². The molecular formula is C24H31N7O2. The molecule has 0 unspecified atom stereocenters. The number of unbranched alkanes of at least 4 members (excludes halogenated alkanes) is 2. The zero-order valence-corrected chi connectivity index (χ0v) is 19.1. The average Bonchev–Trinajstić information content (AvgIpc) is 3.34. The molecule has 0 aliphatic carbocycles. The third-order valence-electron chi connectivity index (χ3n) is 5.77. The van der Waals surface area contributed by atoms with E-state index in [0.717, 1.165) is 69.9 Å². The lowest BCUT2D eigenvalue weighted by molar-refractivity contribution is 0.0526. The number of aryl methyl sites for hydroxylation is 1. The van der Waals surface area contributed by atoms with Gasteiger partial charge in [-0.1, -0.05) is 36.8 Å². The van der Waals surface area contributed by atoms with Crippen LogP contribution in [0.1, 0.15) is 36.5 Å². The van der Waals surface area contributed by atoms with E-state index in [1.807, 2.05) is 36.4 Å². The van der Waals surface area contributed by atoms with Gasteiger partial charge in [0.15, 0.2) is 0 Å². The van der Waals surface area contributed by atoms with Crippen LogP contribution in [-0.4, -0.2) is 75.4 Å². The van der Waals surface area contributed by atoms with Gasteiger partial charge in [0, 0.05) is 37.9 Å². The second-order valence-corrected chi connectivity index (χ2v) is 8.09. The summed E-state index contributed by atoms with van der Waals surface area (Å²) in [5, 5.41) is 12.8. The number of nitrogens with zero attached hydrogens (tertiary/aromatic N) is 7. The molecule has 33 heavy (non-hydrogen) atoms. The minimum Gasteiger partial charge on any atom is -0.462 e. The molecule has 174 valence electrons. The van der Waals surface area contributed by atoms with E-state index < -0.39 is 0 Å². The normalized spacial score (nSPS) is 14.4. The molecule has 0 N–H and O–H groups in total. The summed E-state index contributed by atoms with van der Waals surface area (Å²) in [6.07, 6.45) is 4.94. The topological polar surface area (TPSA) is 89.3 Å². The Morgan fingerprint density at radius 1 is 0.970 bits per heavy atom. The van der Waals surface area contributed by atoms with Crippen molar-refractivity contribution in [3.63, 3.8) is 0 Å². The number of benzene rings is 1. The predicted molar refractivity (Wildman–Crippen MR) is 126 cm³/mol. The molecule has 1 fully saturated rings. The van der Waals surface area contributed by atoms with Gasteiger partial charge in [-0.15, -0.1) is 10.2 Å². The highest BCUT2D eigenvalue weighted by Gasteiger charge is 2.18. The first kappa shape index (κ1) is 22.8. The molecule has 0 amide bonds. The first-order chi connectivity index (χ1) is 16.2. The quantitative estimate of drug-likeness (QED) is 0.345. The number of carbonyl (C=O) groups is 1. The number of aromatic nitrogens is 5. The van der Waals surface area contributed by atoms with E-state index >= 15 is 0 Å². The number of hydrogen-bond acceptors (Lipinski definition) is 8. The van der Waals surface area contributed by atoms with Gasteiger partial charge in [-0.2, -0.15) is 4.80 Å². The number of piperazine rings is 1. The van der Waals surface area contributed by atoms with Crippen molar-refractivity contribution in [1.82, 2.24) is 30.1 Å². The van der Waals surface area contributed by atoms with Gasteiger partial charge in [0.05, 0.1) is 18.7 Å². The van der Waals surface area contributed by atoms with E-state index in [0.29, 0.717) is 18.0 Å². The number of carbonyl (C=O) groups excluding carboxylic acids is 1. The van der Waals surface area contributed by atoms with Crippen molar-refractivity contribution in [1.29, 1.82) is 0 Å². The number of ether oxygens (including phenoxy) is 1. The Balaban J connectivity index is 1.12. The number of pyridine rings is 1. The summed E-state index contributed by atoms with van der Waals surface area (Å²) in [5.74, 6) is 1.27. The highest BCUT2D eigenvalue weighted by atomic mass is 16.5. The SMILES string of the molecule is CCOC(=O)c1ccc(N2CCN(CCCCCn3nnc(-c4ccccc4)n3)CC2)nc1. The minimum atomic E-state index is -0.322. The second kappa shape index (κ2) is 11.5. The largest absolute Gasteiger partial charge is 0.462 e. The number of hydrogen-bond donors (Lipinski definition) is 0. The zero-order chi connectivity index (χ0) is 22.9. The Hall–Kier alpha value is -3.33. The third-order valence-corrected chi connectivity index (χ3v) is 5.77. The Morgan fingerprint density at radius 3 is 2.48 bits per heavy atom. The Kier molecular flexibility index (Phi) is 7.97. The van der Waals surface area contributed by atoms with Gasteiger partial charge in [-0.3, -0.25) is 4.90 Å². The molecular weight excluding hydrogens is 418 g/mol. The van der Waals surface area contributed by atoms with E-state index in [-0.39, 0.29) is 5.97 Å². The fourth-order valence-corrected chi connectivity index (χ4v) is 3.92. The fraction of sp³-hybridized carbons (Fsp3) is 0.458. The molecule has 0 spiro atoms. The summed E-state index contributed by atoms with van der Waals surface area (Å²) in [4.78, 5) is 22.7. The van der Waals surface area contributed by atoms with Gasteiger partial charge < -0.3 is 9.64 Å². The number of tetrazole rings is 1. The molecule has 0 bridgehead atoms. The monoisotopic (exact) mass is 449 g/mol. The lowest BCUT2D eigenvalue weighted by atomic mass is 10.2. The molecule has 1 aliphatic rings. The highest BCUT2D eigenvalue weighted by molar-refractivity contribution is 5.89. The minimum absolute atomic E-state index is 0.322. The second-order valence-electron chi connectivity index (χ2n) is 8.09. The summed E-state index contributed by atoms with van der Waals surface area (Å²) in [5.41, 5.74) is 1.49. The van der Waals surface area contributed by atoms with Gasteiger partial charge in [-0.25, -0.2) is 9.78 Å². The van der Waals surface area contributed by atoms with Crippen LogP contribution >= 0.6 is 0 Å². The molecule has 1 aliphatic heterocycles. The van der Waals surface area contributed by atoms with E-state index in [1.165, 1.54) is 0 Å². The Bertz CT molecular complexity index is 999. The van der Waals surface area contributed by atoms with Crippen molar-refractivity contribution in [2.75, 3.05) is 44.2 Å². The molecule has 9 heteroatoms. The van der Waals surface area contributed by atoms with Crippen LogP contribution in [0.15, 0.2) is 48.7 Å². The van der Waals surface area contributed by atoms with Crippen molar-refractivity contribution in [3.05, 3.63) is 54.2 Å². The summed E-state index contributed by atoms with van der Waals surface area (Å²) in [6, 6.07) is 13.6. The summed E-state index contributed by atoms with van der Waals surface area (Å²) in [7, 11) is 0. The molecule has 1 aromatic carbocycles. The van der Waals surface area contributed by atoms with Gasteiger partial charge in [0.2, 0.25) is 5.82 Å². The van der Waals surface area contributed by atoms with Crippen molar-refractivity contribution >= 4 is 11.8 Å². The molecule has 1 saturated heterocycles. The molecule has 0 atom stereocenters. The molecule has 0 radical (unpaired) electrons. The first-order valence-corrected chi connectivity index (χ1v) is 11.7. The van der Waals surface area contributed by atoms with Crippen LogP contribution < -0.4 is 4.90 Å². The Labute approximate surface area is 194 Å². The van der Waals surface area contributed by atoms with Crippen LogP contribution in [0.5, 0.6) is 0 Å². The van der Waals surface area contributed by atoms with Gasteiger partial charge >= 0.3 is 5.97 Å². The maximum atomic E-state index is 11.8. The standard InChI is InChI=1S/C24H31N7O2/c1-2-33-24(32)21-11-12-22(25-19-21)30-17-15-29(16-18-30)13-7-4-8-14-31-27-23(26-28-31)20-9-5-3-6-10-20/h3,5-6,9-12,19H,2,4,7-8,13-18H2,1H3. The Morgan fingerprint density at radius 2 is 1.76 bits per heavy atom. The van der Waals surface area contributed by atoms with Gasteiger partial charge in [0.1, 0.15) is 5.82 Å². The zero-order valence-electron chi connectivity index (χ0n) is 19.1. The number of esters is 1. The summed E-state index contributed by atoms with van der Waals surface area (Å²) < 4.78 is 5.02. The number of anilines is 1. The van der Waals surface area contributed by atoms with Crippen LogP contribution in [0, 0.1) is 0 Å². The van der Waals surface area contributed by atoms with Crippen molar-refractivity contribution in [2.24, 2.45) is 0 Å². The van der Waals surface area contributed by atoms with Crippen LogP contribution in [0.3, 0.4) is 0 Å². The lowest BCUT2D eigenvalue weighted by Gasteiger charge is -2.35. The van der Waals surface area contributed by atoms with E-state index in [1.54, 1.807) is 24.0 Å². The van der Waals surface area contributed by atoms with Crippen molar-refractivity contribution in [3.8, 4) is 11.4 Å². The molecule has 2 aromatic heterocycles. The van der Waals surface area contributed by atoms with Gasteiger partial charge in [0.25, 0.3) is 0 Å².